The second-order valence-electron chi connectivity index (χ2n) is 5.73. The monoisotopic (exact) mass is 259 g/mol. The van der Waals surface area contributed by atoms with Crippen molar-refractivity contribution in [2.24, 2.45) is 0 Å². The van der Waals surface area contributed by atoms with Crippen molar-refractivity contribution in [3.05, 3.63) is 0 Å². The Morgan fingerprint density at radius 3 is 2.00 bits per heavy atom. The van der Waals surface area contributed by atoms with Gasteiger partial charge < -0.3 is 10.4 Å². The molecule has 0 saturated heterocycles. The molecule has 6 nitrogen and oxygen atoms in total. The minimum atomic E-state index is -0.920. The lowest BCUT2D eigenvalue weighted by molar-refractivity contribution is -0.955. The highest BCUT2D eigenvalue weighted by Gasteiger charge is 2.31. The van der Waals surface area contributed by atoms with Crippen molar-refractivity contribution < 1.29 is 19.3 Å². The molecule has 18 heavy (non-hydrogen) atoms. The van der Waals surface area contributed by atoms with E-state index in [0.29, 0.717) is 0 Å². The van der Waals surface area contributed by atoms with E-state index in [2.05, 4.69) is 10.7 Å². The fourth-order valence-electron chi connectivity index (χ4n) is 1.29. The third-order valence-corrected chi connectivity index (χ3v) is 3.39. The topological polar surface area (TPSA) is 81.3 Å². The summed E-state index contributed by atoms with van der Waals surface area (Å²) in [6, 6.07) is -0.746. The van der Waals surface area contributed by atoms with Crippen LogP contribution in [0.3, 0.4) is 0 Å². The molecular formula is C12H25N3O3. The van der Waals surface area contributed by atoms with Crippen LogP contribution in [0.4, 0.5) is 4.79 Å². The van der Waals surface area contributed by atoms with Gasteiger partial charge in [0.25, 0.3) is 0 Å². The third-order valence-electron chi connectivity index (χ3n) is 3.39. The van der Waals surface area contributed by atoms with Crippen LogP contribution in [0.1, 0.15) is 34.6 Å². The van der Waals surface area contributed by atoms with Gasteiger partial charge in [0.2, 0.25) is 0 Å². The third kappa shape index (κ3) is 4.62. The van der Waals surface area contributed by atoms with Crippen LogP contribution in [-0.2, 0) is 4.79 Å². The molecule has 106 valence electrons. The number of ketones is 1. The van der Waals surface area contributed by atoms with E-state index in [0.717, 1.165) is 0 Å². The smallest absolute Gasteiger partial charge is 0.359 e. The maximum absolute atomic E-state index is 11.8. The van der Waals surface area contributed by atoms with Crippen LogP contribution in [0.5, 0.6) is 0 Å². The van der Waals surface area contributed by atoms with Gasteiger partial charge in [-0.05, 0) is 27.7 Å². The zero-order chi connectivity index (χ0) is 14.7. The van der Waals surface area contributed by atoms with E-state index >= 15 is 0 Å². The van der Waals surface area contributed by atoms with Crippen molar-refractivity contribution in [1.29, 1.82) is 0 Å². The molecule has 0 aliphatic carbocycles. The van der Waals surface area contributed by atoms with Gasteiger partial charge in [-0.15, -0.1) is 0 Å². The van der Waals surface area contributed by atoms with E-state index in [-0.39, 0.29) is 16.4 Å². The van der Waals surface area contributed by atoms with Gasteiger partial charge in [0.15, 0.2) is 5.78 Å². The van der Waals surface area contributed by atoms with Crippen molar-refractivity contribution in [2.75, 3.05) is 14.1 Å². The fourth-order valence-corrected chi connectivity index (χ4v) is 1.29. The zero-order valence-corrected chi connectivity index (χ0v) is 12.3. The molecule has 0 heterocycles. The Hall–Kier alpha value is -1.14. The molecule has 0 fully saturated rings. The number of hydrogen-bond donors (Lipinski definition) is 2. The molecule has 6 heteroatoms. The lowest BCUT2D eigenvalue weighted by Gasteiger charge is -2.41. The summed E-state index contributed by atoms with van der Waals surface area (Å²) in [7, 11) is 3.47. The molecule has 0 rings (SSSR count). The van der Waals surface area contributed by atoms with Gasteiger partial charge in [0, 0.05) is 0 Å². The standard InChI is InChI=1S/C12H25N3O3/c1-8(9(2)16)15(6,7)14-11(18)13-12(4,5)10(3)17/h8-9H,1-7H3,(H2,13,14,18). The number of quaternary nitrogens is 1. The summed E-state index contributed by atoms with van der Waals surface area (Å²) in [5.41, 5.74) is 1.76. The summed E-state index contributed by atoms with van der Waals surface area (Å²) in [4.78, 5) is 23.1. The first-order chi connectivity index (χ1) is 7.90. The molecule has 0 aliphatic heterocycles. The summed E-state index contributed by atoms with van der Waals surface area (Å²) >= 11 is 0. The van der Waals surface area contributed by atoms with E-state index in [1.807, 2.05) is 0 Å². The van der Waals surface area contributed by atoms with Crippen LogP contribution in [0, 0.1) is 0 Å². The first-order valence-corrected chi connectivity index (χ1v) is 6.01. The van der Waals surface area contributed by atoms with Gasteiger partial charge in [-0.3, -0.25) is 4.79 Å². The molecule has 0 saturated carbocycles. The number of likely N-dealkylation sites (N-methyl/N-ethyl adjacent to an activating group) is 1. The van der Waals surface area contributed by atoms with Crippen molar-refractivity contribution >= 4 is 11.8 Å². The number of Topliss-reactive ketones (excluding diaryl/α,β-unsaturated/α-hetero) is 1. The Morgan fingerprint density at radius 1 is 1.22 bits per heavy atom. The van der Waals surface area contributed by atoms with Crippen LogP contribution in [0.2, 0.25) is 0 Å². The minimum Gasteiger partial charge on any atom is -0.848 e. The number of amides is 2. The SMILES string of the molecule is CC(=O)C(C)(C)NC(=O)N[N+](C)(C)C(C)C(C)[O-]. The number of carbonyl (C=O) groups is 2. The van der Waals surface area contributed by atoms with Gasteiger partial charge in [-0.1, -0.05) is 13.0 Å². The minimum absolute atomic E-state index is 0.0600. The highest BCUT2D eigenvalue weighted by atomic mass is 16.3. The lowest BCUT2D eigenvalue weighted by Crippen LogP contribution is -2.67. The first-order valence-electron chi connectivity index (χ1n) is 6.01. The van der Waals surface area contributed by atoms with Crippen molar-refractivity contribution in [3.8, 4) is 0 Å². The van der Waals surface area contributed by atoms with Crippen LogP contribution in [-0.4, -0.2) is 48.2 Å². The van der Waals surface area contributed by atoms with Crippen LogP contribution in [0.15, 0.2) is 0 Å². The molecule has 0 bridgehead atoms. The lowest BCUT2D eigenvalue weighted by atomic mass is 10.0. The average Bonchev–Trinajstić information content (AvgIpc) is 2.13. The molecule has 0 aromatic rings. The summed E-state index contributed by atoms with van der Waals surface area (Å²) < 4.78 is 0.0600. The molecule has 2 amide bonds. The van der Waals surface area contributed by atoms with Gasteiger partial charge in [0.05, 0.1) is 25.7 Å². The Morgan fingerprint density at radius 2 is 1.67 bits per heavy atom. The average molecular weight is 259 g/mol. The highest BCUT2D eigenvalue weighted by Crippen LogP contribution is 2.07. The zero-order valence-electron chi connectivity index (χ0n) is 12.3. The molecule has 2 unspecified atom stereocenters. The summed E-state index contributed by atoms with van der Waals surface area (Å²) in [6.07, 6.45) is -0.805. The second kappa shape index (κ2) is 5.67. The predicted octanol–water partition coefficient (Wildman–Crippen LogP) is -0.218. The fraction of sp³-hybridized carbons (Fsp3) is 0.833. The molecule has 0 aliphatic rings. The van der Waals surface area contributed by atoms with Gasteiger partial charge >= 0.3 is 6.03 Å². The molecule has 0 aromatic heterocycles. The number of nitrogens with zero attached hydrogens (tertiary/aromatic N) is 1. The maximum atomic E-state index is 11.8. The summed E-state index contributed by atoms with van der Waals surface area (Å²) in [5.74, 6) is -0.131. The molecule has 2 N–H and O–H groups in total. The van der Waals surface area contributed by atoms with E-state index < -0.39 is 17.7 Å². The molecule has 0 spiro atoms. The number of rotatable bonds is 5. The van der Waals surface area contributed by atoms with E-state index in [1.165, 1.54) is 6.92 Å². The number of carbonyl (C=O) groups excluding carboxylic acids is 2. The molecular weight excluding hydrogens is 234 g/mol. The number of hydrogen-bond acceptors (Lipinski definition) is 3. The van der Waals surface area contributed by atoms with E-state index in [4.69, 9.17) is 0 Å². The Bertz CT molecular complexity index is 325. The highest BCUT2D eigenvalue weighted by molar-refractivity contribution is 5.89. The maximum Gasteiger partial charge on any atom is 0.359 e. The Balaban J connectivity index is 4.63. The van der Waals surface area contributed by atoms with Crippen LogP contribution >= 0.6 is 0 Å². The summed E-state index contributed by atoms with van der Waals surface area (Å²) in [5, 5.41) is 14.0. The quantitative estimate of drug-likeness (QED) is 0.529. The van der Waals surface area contributed by atoms with Crippen molar-refractivity contribution in [2.45, 2.75) is 52.3 Å². The Kier molecular flexibility index (Phi) is 5.31. The largest absolute Gasteiger partial charge is 0.848 e. The van der Waals surface area contributed by atoms with Gasteiger partial charge in [-0.2, -0.15) is 5.43 Å². The van der Waals surface area contributed by atoms with Gasteiger partial charge in [-0.25, -0.2) is 9.39 Å². The van der Waals surface area contributed by atoms with Crippen LogP contribution < -0.4 is 15.8 Å². The van der Waals surface area contributed by atoms with E-state index in [1.54, 1.807) is 41.8 Å². The molecule has 0 radical (unpaired) electrons. The van der Waals surface area contributed by atoms with Gasteiger partial charge in [0.1, 0.15) is 0 Å². The van der Waals surface area contributed by atoms with E-state index in [9.17, 15) is 14.7 Å². The van der Waals surface area contributed by atoms with Crippen molar-refractivity contribution in [3.63, 3.8) is 0 Å². The molecule has 0 aromatic carbocycles. The first kappa shape index (κ1) is 16.9. The van der Waals surface area contributed by atoms with Crippen molar-refractivity contribution in [1.82, 2.24) is 10.7 Å². The molecule has 2 atom stereocenters. The Labute approximate surface area is 109 Å². The van der Waals surface area contributed by atoms with Crippen LogP contribution in [0.25, 0.3) is 0 Å². The second-order valence-corrected chi connectivity index (χ2v) is 5.73. The summed E-state index contributed by atoms with van der Waals surface area (Å²) in [6.45, 7) is 8.02. The number of nitrogens with one attached hydrogen (secondary N) is 2. The normalized spacial score (nSPS) is 15.8. The predicted molar refractivity (Wildman–Crippen MR) is 67.5 cm³/mol. The number of urea groups is 1.